The Morgan fingerprint density at radius 3 is 1.35 bits per heavy atom. The highest BCUT2D eigenvalue weighted by Gasteiger charge is 2.35. The Kier molecular flexibility index (Phi) is 8.75. The minimum absolute atomic E-state index is 0.0910. The van der Waals surface area contributed by atoms with Crippen LogP contribution in [0.1, 0.15) is 25.7 Å². The van der Waals surface area contributed by atoms with Crippen LogP contribution in [0.3, 0.4) is 0 Å². The fraction of sp³-hybridized carbons (Fsp3) is 0.263. The number of anilines is 2. The van der Waals surface area contributed by atoms with Crippen LogP contribution < -0.4 is 29.9 Å². The molecule has 4 heterocycles. The average Bonchev–Trinajstić information content (AvgIpc) is 3.75. The quantitative estimate of drug-likeness (QED) is 0.230. The molecule has 14 heteroatoms. The summed E-state index contributed by atoms with van der Waals surface area (Å²) in [6.07, 6.45) is 1.87. The Labute approximate surface area is 306 Å². The Morgan fingerprint density at radius 2 is 0.981 bits per heavy atom. The molecule has 4 aliphatic rings. The number of rotatable bonds is 7. The van der Waals surface area contributed by atoms with E-state index in [4.69, 9.17) is 32.7 Å². The highest BCUT2D eigenvalue weighted by atomic mass is 35.5. The van der Waals surface area contributed by atoms with Gasteiger partial charge in [-0.25, -0.2) is 8.78 Å². The number of nitrogens with zero attached hydrogens (tertiary/aromatic N) is 2. The van der Waals surface area contributed by atoms with Gasteiger partial charge in [0, 0.05) is 71.4 Å². The summed E-state index contributed by atoms with van der Waals surface area (Å²) in [6.45, 7) is -0.334. The smallest absolute Gasteiger partial charge is 0.265 e. The molecule has 266 valence electrons. The molecular weight excluding hydrogens is 717 g/mol. The summed E-state index contributed by atoms with van der Waals surface area (Å²) in [4.78, 5) is 51.9. The molecule has 4 aliphatic heterocycles. The van der Waals surface area contributed by atoms with Gasteiger partial charge in [0.15, 0.2) is 36.3 Å². The number of hydrogen-bond acceptors (Lipinski definition) is 6. The Bertz CT molecular complexity index is 2050. The minimum atomic E-state index is -0.705. The number of carbonyl (C=O) groups is 4. The molecule has 4 aromatic carbocycles. The van der Waals surface area contributed by atoms with E-state index >= 15 is 8.78 Å². The van der Waals surface area contributed by atoms with E-state index in [0.717, 1.165) is 0 Å². The fourth-order valence-electron chi connectivity index (χ4n) is 7.27. The highest BCUT2D eigenvalue weighted by molar-refractivity contribution is 6.39. The number of fused-ring (bicyclic) bond motifs is 2. The van der Waals surface area contributed by atoms with Crippen molar-refractivity contribution in [1.29, 1.82) is 0 Å². The molecule has 0 aliphatic carbocycles. The summed E-state index contributed by atoms with van der Waals surface area (Å²) in [6, 6.07) is 15.9. The van der Waals surface area contributed by atoms with E-state index < -0.39 is 11.6 Å². The second-order valence-corrected chi connectivity index (χ2v) is 13.8. The third-order valence-electron chi connectivity index (χ3n) is 9.86. The van der Waals surface area contributed by atoms with Gasteiger partial charge in [-0.3, -0.25) is 19.2 Å². The topological polar surface area (TPSA) is 117 Å². The van der Waals surface area contributed by atoms with E-state index in [1.54, 1.807) is 48.5 Å². The molecule has 0 radical (unpaired) electrons. The van der Waals surface area contributed by atoms with Crippen molar-refractivity contribution in [2.75, 3.05) is 36.1 Å². The molecule has 2 saturated heterocycles. The first-order chi connectivity index (χ1) is 25.1. The molecule has 0 aromatic heterocycles. The van der Waals surface area contributed by atoms with Crippen LogP contribution in [0, 0.1) is 11.6 Å². The molecule has 0 spiro atoms. The Morgan fingerprint density at radius 1 is 0.596 bits per heavy atom. The number of amides is 4. The van der Waals surface area contributed by atoms with Crippen LogP contribution in [0.25, 0.3) is 33.4 Å². The molecule has 8 rings (SSSR count). The molecule has 2 fully saturated rings. The van der Waals surface area contributed by atoms with Crippen LogP contribution in [-0.2, 0) is 19.2 Å². The maximum atomic E-state index is 16.2. The zero-order chi connectivity index (χ0) is 36.3. The molecule has 0 bridgehead atoms. The molecular formula is C38H30Cl2F2N4O6. The highest BCUT2D eigenvalue weighted by Crippen LogP contribution is 2.47. The van der Waals surface area contributed by atoms with Crippen molar-refractivity contribution in [3.05, 3.63) is 82.3 Å². The van der Waals surface area contributed by atoms with Crippen molar-refractivity contribution in [3.63, 3.8) is 0 Å². The minimum Gasteiger partial charge on any atom is -0.478 e. The van der Waals surface area contributed by atoms with Crippen LogP contribution in [0.2, 0.25) is 10.0 Å². The van der Waals surface area contributed by atoms with E-state index in [1.807, 2.05) is 0 Å². The lowest BCUT2D eigenvalue weighted by Crippen LogP contribution is -2.46. The van der Waals surface area contributed by atoms with Gasteiger partial charge in [-0.05, 0) is 37.1 Å². The van der Waals surface area contributed by atoms with Crippen LogP contribution in [0.5, 0.6) is 11.5 Å². The molecule has 4 amide bonds. The van der Waals surface area contributed by atoms with Crippen molar-refractivity contribution in [3.8, 4) is 44.9 Å². The van der Waals surface area contributed by atoms with Gasteiger partial charge in [-0.2, -0.15) is 0 Å². The number of carbonyl (C=O) groups excluding carboxylic acids is 4. The monoisotopic (exact) mass is 746 g/mol. The summed E-state index contributed by atoms with van der Waals surface area (Å²) in [5.74, 6) is -2.48. The van der Waals surface area contributed by atoms with Crippen LogP contribution in [0.15, 0.2) is 60.7 Å². The van der Waals surface area contributed by atoms with Crippen molar-refractivity contribution < 1.29 is 37.4 Å². The summed E-state index contributed by atoms with van der Waals surface area (Å²) >= 11 is 14.0. The summed E-state index contributed by atoms with van der Waals surface area (Å²) in [7, 11) is 0. The predicted molar refractivity (Wildman–Crippen MR) is 191 cm³/mol. The second kappa shape index (κ2) is 13.4. The number of benzene rings is 4. The number of halogens is 4. The van der Waals surface area contributed by atoms with Gasteiger partial charge in [0.25, 0.3) is 11.8 Å². The third-order valence-corrected chi connectivity index (χ3v) is 10.7. The molecule has 0 unspecified atom stereocenters. The number of hydrogen-bond donors (Lipinski definition) is 2. The van der Waals surface area contributed by atoms with Gasteiger partial charge in [-0.15, -0.1) is 0 Å². The van der Waals surface area contributed by atoms with Crippen LogP contribution >= 0.6 is 23.2 Å². The zero-order valence-corrected chi connectivity index (χ0v) is 29.0. The van der Waals surface area contributed by atoms with Crippen molar-refractivity contribution in [1.82, 2.24) is 10.6 Å². The summed E-state index contributed by atoms with van der Waals surface area (Å²) in [5, 5.41) is 6.04. The van der Waals surface area contributed by atoms with Gasteiger partial charge >= 0.3 is 0 Å². The molecule has 2 atom stereocenters. The summed E-state index contributed by atoms with van der Waals surface area (Å²) in [5.41, 5.74) is 2.39. The lowest BCUT2D eigenvalue weighted by molar-refractivity contribution is -0.122. The largest absolute Gasteiger partial charge is 0.478 e. The number of nitrogens with one attached hydrogen (secondary N) is 2. The fourth-order valence-corrected chi connectivity index (χ4v) is 7.92. The van der Waals surface area contributed by atoms with Gasteiger partial charge in [0.2, 0.25) is 11.8 Å². The summed E-state index contributed by atoms with van der Waals surface area (Å²) < 4.78 is 43.7. The van der Waals surface area contributed by atoms with E-state index in [9.17, 15) is 19.2 Å². The Balaban J connectivity index is 1.12. The molecule has 0 saturated carbocycles. The number of ether oxygens (including phenoxy) is 2. The first kappa shape index (κ1) is 33.9. The third kappa shape index (κ3) is 5.89. The maximum Gasteiger partial charge on any atom is 0.265 e. The molecule has 4 aromatic rings. The first-order valence-corrected chi connectivity index (χ1v) is 17.5. The normalized spacial score (nSPS) is 19.5. The second-order valence-electron chi connectivity index (χ2n) is 13.1. The predicted octanol–water partition coefficient (Wildman–Crippen LogP) is 6.28. The lowest BCUT2D eigenvalue weighted by atomic mass is 9.94. The molecule has 52 heavy (non-hydrogen) atoms. The van der Waals surface area contributed by atoms with Crippen molar-refractivity contribution in [2.24, 2.45) is 0 Å². The van der Waals surface area contributed by atoms with Gasteiger partial charge in [0.1, 0.15) is 0 Å². The van der Waals surface area contributed by atoms with Gasteiger partial charge < -0.3 is 29.9 Å². The Hall–Kier alpha value is -5.20. The van der Waals surface area contributed by atoms with E-state index in [-0.39, 0.29) is 106 Å². The van der Waals surface area contributed by atoms with Crippen LogP contribution in [-0.4, -0.2) is 62.0 Å². The molecule has 10 nitrogen and oxygen atoms in total. The standard InChI is InChI=1S/C38H30Cl2F2N4O6/c39-33-21(3-1-5-23(33)25-9-11-27-37(35(25)41)51-17-31(49)45(27)15-19-7-13-29(47)43-19)22-4-2-6-24(34(22)40)26-10-12-28-38(36(26)42)52-18-32(50)46(28)16-20-8-14-30(48)44-20/h1-6,9-12,19-20H,7-8,13-18H2,(H,43,47)(H,44,48)/t19-,20-/m0/s1. The van der Waals surface area contributed by atoms with E-state index in [1.165, 1.54) is 21.9 Å². The van der Waals surface area contributed by atoms with Crippen molar-refractivity contribution in [2.45, 2.75) is 37.8 Å². The first-order valence-electron chi connectivity index (χ1n) is 16.8. The maximum absolute atomic E-state index is 16.2. The zero-order valence-electron chi connectivity index (χ0n) is 27.4. The van der Waals surface area contributed by atoms with E-state index in [0.29, 0.717) is 47.9 Å². The molecule has 2 N–H and O–H groups in total. The van der Waals surface area contributed by atoms with Crippen molar-refractivity contribution >= 4 is 58.2 Å². The van der Waals surface area contributed by atoms with E-state index in [2.05, 4.69) is 10.6 Å². The van der Waals surface area contributed by atoms with Gasteiger partial charge in [-0.1, -0.05) is 59.6 Å². The van der Waals surface area contributed by atoms with Crippen LogP contribution in [0.4, 0.5) is 20.2 Å². The lowest BCUT2D eigenvalue weighted by Gasteiger charge is -2.32. The van der Waals surface area contributed by atoms with Gasteiger partial charge in [0.05, 0.1) is 21.4 Å². The average molecular weight is 748 g/mol. The SMILES string of the molecule is O=C1CC[C@@H](CN2C(=O)COc3c2ccc(-c2cccc(-c4cccc(-c5ccc6c(c5F)OCC(=O)N6C[C@@H]5CCC(=O)N5)c4Cl)c2Cl)c3F)N1.